The van der Waals surface area contributed by atoms with Crippen LogP contribution < -0.4 is 0 Å². The number of rotatable bonds is 4. The van der Waals surface area contributed by atoms with Gasteiger partial charge in [-0.15, -0.1) is 0 Å². The van der Waals surface area contributed by atoms with E-state index >= 15 is 0 Å². The molecular formula is C16H20O2. The van der Waals surface area contributed by atoms with Crippen LogP contribution in [0.2, 0.25) is 0 Å². The summed E-state index contributed by atoms with van der Waals surface area (Å²) in [6.07, 6.45) is 2.43. The first-order valence-corrected chi connectivity index (χ1v) is 6.21. The van der Waals surface area contributed by atoms with Gasteiger partial charge < -0.3 is 0 Å². The Morgan fingerprint density at radius 3 is 1.50 bits per heavy atom. The molecule has 0 radical (unpaired) electrons. The maximum Gasteiger partial charge on any atom is 0.00892 e. The summed E-state index contributed by atoms with van der Waals surface area (Å²) in [5.41, 5.74) is 2.85. The lowest BCUT2D eigenvalue weighted by Crippen LogP contribution is -2.00. The molecule has 2 aromatic carbocycles. The predicted octanol–water partition coefficient (Wildman–Crippen LogP) is 4.64. The van der Waals surface area contributed by atoms with Crippen molar-refractivity contribution < 1.29 is 10.5 Å². The van der Waals surface area contributed by atoms with Gasteiger partial charge in [0.15, 0.2) is 0 Å². The van der Waals surface area contributed by atoms with Crippen LogP contribution in [0.3, 0.4) is 0 Å². The zero-order valence-corrected chi connectivity index (χ0v) is 10.7. The summed E-state index contributed by atoms with van der Waals surface area (Å²) in [6.45, 7) is 2.25. The highest BCUT2D eigenvalue weighted by molar-refractivity contribution is 5.32. The summed E-state index contributed by atoms with van der Waals surface area (Å²) in [5, 5.41) is 12.0. The van der Waals surface area contributed by atoms with E-state index in [1.54, 1.807) is 0 Å². The van der Waals surface area contributed by atoms with E-state index in [0.29, 0.717) is 5.92 Å². The molecule has 0 fully saturated rings. The number of benzene rings is 2. The maximum atomic E-state index is 6.00. The summed E-state index contributed by atoms with van der Waals surface area (Å²) < 4.78 is 0. The van der Waals surface area contributed by atoms with Crippen molar-refractivity contribution in [1.82, 2.24) is 0 Å². The third-order valence-corrected chi connectivity index (χ3v) is 2.98. The van der Waals surface area contributed by atoms with Gasteiger partial charge in [0.25, 0.3) is 0 Å². The van der Waals surface area contributed by atoms with E-state index in [1.165, 1.54) is 24.0 Å². The quantitative estimate of drug-likeness (QED) is 0.607. The second kappa shape index (κ2) is 8.45. The van der Waals surface area contributed by atoms with Crippen LogP contribution in [0.1, 0.15) is 36.8 Å². The van der Waals surface area contributed by atoms with E-state index in [0.717, 1.165) is 0 Å². The molecule has 18 heavy (non-hydrogen) atoms. The summed E-state index contributed by atoms with van der Waals surface area (Å²) in [5.74, 6) is 0.549. The summed E-state index contributed by atoms with van der Waals surface area (Å²) >= 11 is 0. The highest BCUT2D eigenvalue weighted by Crippen LogP contribution is 2.28. The van der Waals surface area contributed by atoms with Gasteiger partial charge in [0.05, 0.1) is 0 Å². The fraction of sp³-hybridized carbons (Fsp3) is 0.250. The van der Waals surface area contributed by atoms with Crippen molar-refractivity contribution in [2.75, 3.05) is 0 Å². The number of hydrogen-bond acceptors (Lipinski definition) is 2. The molecule has 2 aromatic rings. The zero-order chi connectivity index (χ0) is 13.2. The van der Waals surface area contributed by atoms with E-state index in [-0.39, 0.29) is 0 Å². The Morgan fingerprint density at radius 2 is 1.17 bits per heavy atom. The van der Waals surface area contributed by atoms with E-state index in [9.17, 15) is 0 Å². The smallest absolute Gasteiger partial charge is 0.00892 e. The molecule has 0 bridgehead atoms. The standard InChI is InChI=1S/C16H18.H2O2/c1-2-9-16(14-10-5-3-6-11-14)15-12-7-4-8-13-15;1-2/h3-8,10-13,16H,2,9H2,1H3;1-2H. The average Bonchev–Trinajstić information content (AvgIpc) is 2.49. The van der Waals surface area contributed by atoms with Crippen LogP contribution >= 0.6 is 0 Å². The maximum absolute atomic E-state index is 6.00. The fourth-order valence-electron chi connectivity index (χ4n) is 2.19. The predicted molar refractivity (Wildman–Crippen MR) is 74.9 cm³/mol. The van der Waals surface area contributed by atoms with Crippen molar-refractivity contribution in [2.24, 2.45) is 0 Å². The largest absolute Gasteiger partial charge is 0.255 e. The SMILES string of the molecule is CCCC(c1ccccc1)c1ccccc1.OO. The van der Waals surface area contributed by atoms with Crippen molar-refractivity contribution in [2.45, 2.75) is 25.7 Å². The lowest BCUT2D eigenvalue weighted by molar-refractivity contribution is -0.176. The normalized spacial score (nSPS) is 9.78. The molecule has 0 atom stereocenters. The van der Waals surface area contributed by atoms with Crippen LogP contribution in [0, 0.1) is 0 Å². The highest BCUT2D eigenvalue weighted by atomic mass is 17.0. The van der Waals surface area contributed by atoms with Gasteiger partial charge in [-0.25, -0.2) is 0 Å². The molecule has 0 spiro atoms. The van der Waals surface area contributed by atoms with Gasteiger partial charge in [-0.05, 0) is 17.5 Å². The molecule has 0 amide bonds. The van der Waals surface area contributed by atoms with Crippen LogP contribution in [0.15, 0.2) is 60.7 Å². The topological polar surface area (TPSA) is 40.5 Å². The zero-order valence-electron chi connectivity index (χ0n) is 10.7. The molecule has 0 aromatic heterocycles. The Bertz CT molecular complexity index is 372. The molecule has 2 N–H and O–H groups in total. The molecule has 2 heteroatoms. The molecule has 2 rings (SSSR count). The third kappa shape index (κ3) is 3.99. The van der Waals surface area contributed by atoms with Gasteiger partial charge in [-0.3, -0.25) is 10.5 Å². The molecule has 0 heterocycles. The van der Waals surface area contributed by atoms with Crippen LogP contribution in [0.25, 0.3) is 0 Å². The molecule has 0 aliphatic rings. The van der Waals surface area contributed by atoms with Gasteiger partial charge in [0.1, 0.15) is 0 Å². The third-order valence-electron chi connectivity index (χ3n) is 2.98. The minimum absolute atomic E-state index is 0.549. The van der Waals surface area contributed by atoms with Crippen molar-refractivity contribution in [1.29, 1.82) is 0 Å². The Hall–Kier alpha value is -1.64. The molecular weight excluding hydrogens is 224 g/mol. The second-order valence-corrected chi connectivity index (χ2v) is 4.16. The van der Waals surface area contributed by atoms with Gasteiger partial charge in [-0.1, -0.05) is 74.0 Å². The molecule has 0 saturated heterocycles. The van der Waals surface area contributed by atoms with Crippen molar-refractivity contribution in [3.63, 3.8) is 0 Å². The minimum Gasteiger partial charge on any atom is -0.255 e. The van der Waals surface area contributed by atoms with E-state index in [2.05, 4.69) is 67.6 Å². The van der Waals surface area contributed by atoms with Crippen molar-refractivity contribution in [3.8, 4) is 0 Å². The van der Waals surface area contributed by atoms with Crippen LogP contribution in [0.4, 0.5) is 0 Å². The monoisotopic (exact) mass is 244 g/mol. The van der Waals surface area contributed by atoms with Crippen molar-refractivity contribution in [3.05, 3.63) is 71.8 Å². The number of hydrogen-bond donors (Lipinski definition) is 2. The van der Waals surface area contributed by atoms with Gasteiger partial charge in [0, 0.05) is 5.92 Å². The molecule has 2 nitrogen and oxygen atoms in total. The molecule has 96 valence electrons. The lowest BCUT2D eigenvalue weighted by Gasteiger charge is -2.17. The Kier molecular flexibility index (Phi) is 6.77. The van der Waals surface area contributed by atoms with Gasteiger partial charge in [-0.2, -0.15) is 0 Å². The lowest BCUT2D eigenvalue weighted by atomic mass is 9.88. The Labute approximate surface area is 108 Å². The summed E-state index contributed by atoms with van der Waals surface area (Å²) in [7, 11) is 0. The van der Waals surface area contributed by atoms with Crippen molar-refractivity contribution >= 4 is 0 Å². The van der Waals surface area contributed by atoms with E-state index in [4.69, 9.17) is 10.5 Å². The van der Waals surface area contributed by atoms with Gasteiger partial charge in [0.2, 0.25) is 0 Å². The molecule has 0 aliphatic carbocycles. The molecule has 0 saturated carbocycles. The Balaban J connectivity index is 0.000000771. The second-order valence-electron chi connectivity index (χ2n) is 4.16. The molecule has 0 unspecified atom stereocenters. The van der Waals surface area contributed by atoms with E-state index in [1.807, 2.05) is 0 Å². The van der Waals surface area contributed by atoms with Gasteiger partial charge >= 0.3 is 0 Å². The first kappa shape index (κ1) is 14.4. The van der Waals surface area contributed by atoms with Crippen LogP contribution in [-0.2, 0) is 0 Å². The first-order chi connectivity index (χ1) is 8.92. The first-order valence-electron chi connectivity index (χ1n) is 6.21. The average molecular weight is 244 g/mol. The summed E-state index contributed by atoms with van der Waals surface area (Å²) in [4.78, 5) is 0. The summed E-state index contributed by atoms with van der Waals surface area (Å²) in [6, 6.07) is 21.6. The fourth-order valence-corrected chi connectivity index (χ4v) is 2.19. The van der Waals surface area contributed by atoms with Crippen LogP contribution in [-0.4, -0.2) is 10.5 Å². The van der Waals surface area contributed by atoms with E-state index < -0.39 is 0 Å². The minimum atomic E-state index is 0.549. The van der Waals surface area contributed by atoms with Crippen LogP contribution in [0.5, 0.6) is 0 Å². The molecule has 0 aliphatic heterocycles. The Morgan fingerprint density at radius 1 is 0.778 bits per heavy atom. The highest BCUT2D eigenvalue weighted by Gasteiger charge is 2.11.